The molecule has 1 aromatic carbocycles. The van der Waals surface area contributed by atoms with E-state index in [9.17, 15) is 22.0 Å². The van der Waals surface area contributed by atoms with E-state index in [1.807, 2.05) is 0 Å². The lowest BCUT2D eigenvalue weighted by Crippen LogP contribution is -2.12. The van der Waals surface area contributed by atoms with Gasteiger partial charge in [-0.25, -0.2) is 0 Å². The molecular formula is C8H5BrF5NO. The van der Waals surface area contributed by atoms with Crippen molar-refractivity contribution in [3.63, 3.8) is 0 Å². The van der Waals surface area contributed by atoms with Gasteiger partial charge in [-0.05, 0) is 28.1 Å². The average molecular weight is 306 g/mol. The fraction of sp³-hybridized carbons (Fsp3) is 0.250. The fourth-order valence-electron chi connectivity index (χ4n) is 0.987. The molecule has 0 fully saturated rings. The van der Waals surface area contributed by atoms with Crippen molar-refractivity contribution < 1.29 is 26.7 Å². The minimum absolute atomic E-state index is 0.0520. The number of hydrogen-bond donors (Lipinski definition) is 1. The van der Waals surface area contributed by atoms with Gasteiger partial charge in [0, 0.05) is 10.2 Å². The van der Waals surface area contributed by atoms with Crippen LogP contribution in [0.1, 0.15) is 5.56 Å². The van der Waals surface area contributed by atoms with Crippen molar-refractivity contribution in [1.82, 2.24) is 0 Å². The first-order valence-electron chi connectivity index (χ1n) is 3.83. The summed E-state index contributed by atoms with van der Waals surface area (Å²) in [6.07, 6.45) is -4.81. The zero-order valence-corrected chi connectivity index (χ0v) is 9.07. The molecule has 0 unspecified atom stereocenters. The minimum atomic E-state index is -4.81. The van der Waals surface area contributed by atoms with E-state index in [4.69, 9.17) is 5.73 Å². The molecule has 2 nitrogen and oxygen atoms in total. The predicted octanol–water partition coefficient (Wildman–Crippen LogP) is 3.65. The van der Waals surface area contributed by atoms with Crippen LogP contribution in [0.2, 0.25) is 0 Å². The molecule has 0 aliphatic carbocycles. The maximum atomic E-state index is 12.4. The van der Waals surface area contributed by atoms with Gasteiger partial charge in [0.05, 0.1) is 5.56 Å². The number of nitrogen functional groups attached to an aromatic ring is 1. The van der Waals surface area contributed by atoms with Gasteiger partial charge in [0.25, 0.3) is 0 Å². The van der Waals surface area contributed by atoms with E-state index in [0.717, 1.165) is 6.07 Å². The third kappa shape index (κ3) is 2.97. The lowest BCUT2D eigenvalue weighted by atomic mass is 10.1. The Morgan fingerprint density at radius 3 is 2.25 bits per heavy atom. The molecule has 0 bridgehead atoms. The molecule has 1 rings (SSSR count). The van der Waals surface area contributed by atoms with E-state index < -0.39 is 24.1 Å². The molecule has 0 saturated heterocycles. The molecule has 8 heteroatoms. The number of hydrogen-bond acceptors (Lipinski definition) is 2. The lowest BCUT2D eigenvalue weighted by molar-refractivity contribution is -0.141. The van der Waals surface area contributed by atoms with Crippen molar-refractivity contribution in [2.24, 2.45) is 0 Å². The van der Waals surface area contributed by atoms with Gasteiger partial charge in [0.1, 0.15) is 5.75 Å². The molecule has 0 spiro atoms. The molecule has 1 aromatic rings. The second kappa shape index (κ2) is 4.44. The monoisotopic (exact) mass is 305 g/mol. The highest BCUT2D eigenvalue weighted by Crippen LogP contribution is 2.40. The Morgan fingerprint density at radius 2 is 1.81 bits per heavy atom. The van der Waals surface area contributed by atoms with E-state index in [-0.39, 0.29) is 10.2 Å². The molecule has 0 radical (unpaired) electrons. The van der Waals surface area contributed by atoms with Crippen molar-refractivity contribution in [3.8, 4) is 5.75 Å². The Morgan fingerprint density at radius 1 is 1.25 bits per heavy atom. The van der Waals surface area contributed by atoms with Crippen LogP contribution in [0.5, 0.6) is 5.75 Å². The summed E-state index contributed by atoms with van der Waals surface area (Å²) in [5.74, 6) is -0.969. The van der Waals surface area contributed by atoms with Gasteiger partial charge < -0.3 is 10.5 Å². The van der Waals surface area contributed by atoms with Gasteiger partial charge >= 0.3 is 12.8 Å². The maximum absolute atomic E-state index is 12.4. The van der Waals surface area contributed by atoms with Crippen molar-refractivity contribution in [1.29, 1.82) is 0 Å². The Kier molecular flexibility index (Phi) is 3.61. The quantitative estimate of drug-likeness (QED) is 0.668. The van der Waals surface area contributed by atoms with Gasteiger partial charge in [-0.15, -0.1) is 0 Å². The number of nitrogens with two attached hydrogens (primary N) is 1. The molecular weight excluding hydrogens is 301 g/mol. The van der Waals surface area contributed by atoms with Crippen molar-refractivity contribution in [3.05, 3.63) is 22.2 Å². The standard InChI is InChI=1S/C8H5BrF5NO/c9-4-2-6(16-7(10)11)3(1-5(4)15)8(12,13)14/h1-2,7H,15H2. The fourth-order valence-corrected chi connectivity index (χ4v) is 1.31. The summed E-state index contributed by atoms with van der Waals surface area (Å²) in [5, 5.41) is 0. The molecule has 0 amide bonds. The van der Waals surface area contributed by atoms with Gasteiger partial charge in [-0.1, -0.05) is 0 Å². The number of benzene rings is 1. The second-order valence-electron chi connectivity index (χ2n) is 2.75. The normalized spacial score (nSPS) is 11.9. The van der Waals surface area contributed by atoms with E-state index >= 15 is 0 Å². The van der Waals surface area contributed by atoms with E-state index in [2.05, 4.69) is 20.7 Å². The van der Waals surface area contributed by atoms with Crippen LogP contribution in [-0.4, -0.2) is 6.61 Å². The minimum Gasteiger partial charge on any atom is -0.434 e. The first-order valence-corrected chi connectivity index (χ1v) is 4.62. The summed E-state index contributed by atoms with van der Waals surface area (Å²) in [7, 11) is 0. The third-order valence-electron chi connectivity index (χ3n) is 1.62. The van der Waals surface area contributed by atoms with Crippen LogP contribution in [0.15, 0.2) is 16.6 Å². The SMILES string of the molecule is Nc1cc(C(F)(F)F)c(OC(F)F)cc1Br. The van der Waals surface area contributed by atoms with Gasteiger partial charge in [0.2, 0.25) is 0 Å². The van der Waals surface area contributed by atoms with Crippen LogP contribution in [0, 0.1) is 0 Å². The zero-order chi connectivity index (χ0) is 12.5. The van der Waals surface area contributed by atoms with Gasteiger partial charge in [-0.2, -0.15) is 22.0 Å². The molecule has 0 aliphatic rings. The van der Waals surface area contributed by atoms with Crippen LogP contribution in [0.4, 0.5) is 27.6 Å². The highest BCUT2D eigenvalue weighted by molar-refractivity contribution is 9.10. The Hall–Kier alpha value is -1.05. The number of ether oxygens (including phenoxy) is 1. The van der Waals surface area contributed by atoms with Gasteiger partial charge in [0.15, 0.2) is 0 Å². The van der Waals surface area contributed by atoms with Gasteiger partial charge in [-0.3, -0.25) is 0 Å². The van der Waals surface area contributed by atoms with Crippen molar-refractivity contribution >= 4 is 21.6 Å². The summed E-state index contributed by atoms with van der Waals surface area (Å²) < 4.78 is 64.8. The molecule has 0 heterocycles. The first-order chi connectivity index (χ1) is 7.21. The Labute approximate surface area is 95.3 Å². The first kappa shape index (κ1) is 13.0. The van der Waals surface area contributed by atoms with E-state index in [0.29, 0.717) is 6.07 Å². The topological polar surface area (TPSA) is 35.2 Å². The molecule has 16 heavy (non-hydrogen) atoms. The Balaban J connectivity index is 3.28. The molecule has 0 aliphatic heterocycles. The zero-order valence-electron chi connectivity index (χ0n) is 7.49. The van der Waals surface area contributed by atoms with Crippen LogP contribution in [0.25, 0.3) is 0 Å². The largest absolute Gasteiger partial charge is 0.434 e. The second-order valence-corrected chi connectivity index (χ2v) is 3.60. The number of halogens is 6. The molecule has 0 aromatic heterocycles. The number of anilines is 1. The summed E-state index contributed by atoms with van der Waals surface area (Å²) in [4.78, 5) is 0. The summed E-state index contributed by atoms with van der Waals surface area (Å²) in [6, 6.07) is 1.28. The van der Waals surface area contributed by atoms with Crippen LogP contribution < -0.4 is 10.5 Å². The number of alkyl halides is 5. The highest BCUT2D eigenvalue weighted by Gasteiger charge is 2.35. The molecule has 2 N–H and O–H groups in total. The smallest absolute Gasteiger partial charge is 0.420 e. The molecule has 0 atom stereocenters. The summed E-state index contributed by atoms with van der Waals surface area (Å²) >= 11 is 2.82. The predicted molar refractivity (Wildman–Crippen MR) is 50.2 cm³/mol. The third-order valence-corrected chi connectivity index (χ3v) is 2.31. The van der Waals surface area contributed by atoms with Crippen LogP contribution in [0.3, 0.4) is 0 Å². The van der Waals surface area contributed by atoms with Crippen LogP contribution in [-0.2, 0) is 6.18 Å². The van der Waals surface area contributed by atoms with Crippen molar-refractivity contribution in [2.45, 2.75) is 12.8 Å². The van der Waals surface area contributed by atoms with E-state index in [1.54, 1.807) is 0 Å². The Bertz CT molecular complexity index is 393. The van der Waals surface area contributed by atoms with Crippen molar-refractivity contribution in [2.75, 3.05) is 5.73 Å². The molecule has 90 valence electrons. The highest BCUT2D eigenvalue weighted by atomic mass is 79.9. The summed E-state index contributed by atoms with van der Waals surface area (Å²) in [5.41, 5.74) is 3.67. The lowest BCUT2D eigenvalue weighted by Gasteiger charge is -2.14. The number of rotatable bonds is 2. The maximum Gasteiger partial charge on any atom is 0.420 e. The summed E-state index contributed by atoms with van der Waals surface area (Å²) in [6.45, 7) is -3.34. The van der Waals surface area contributed by atoms with Crippen LogP contribution >= 0.6 is 15.9 Å². The average Bonchev–Trinajstić information content (AvgIpc) is 2.08. The van der Waals surface area contributed by atoms with E-state index in [1.165, 1.54) is 0 Å². The molecule has 0 saturated carbocycles.